The van der Waals surface area contributed by atoms with E-state index in [0.29, 0.717) is 5.92 Å². The Morgan fingerprint density at radius 2 is 1.69 bits per heavy atom. The van der Waals surface area contributed by atoms with E-state index in [0.717, 1.165) is 58.3 Å². The molecule has 0 radical (unpaired) electrons. The number of nitrogens with zero attached hydrogens (tertiary/aromatic N) is 2. The van der Waals surface area contributed by atoms with Gasteiger partial charge in [-0.25, -0.2) is 0 Å². The Hall–Kier alpha value is -2.37. The molecule has 1 aliphatic heterocycles. The van der Waals surface area contributed by atoms with Crippen LogP contribution in [-0.4, -0.2) is 50.8 Å². The maximum Gasteiger partial charge on any atom is 0.191 e. The van der Waals surface area contributed by atoms with Crippen LogP contribution in [0.1, 0.15) is 36.0 Å². The van der Waals surface area contributed by atoms with Gasteiger partial charge in [0.25, 0.3) is 0 Å². The molecule has 1 fully saturated rings. The van der Waals surface area contributed by atoms with Gasteiger partial charge in [0, 0.05) is 39.8 Å². The van der Waals surface area contributed by atoms with E-state index in [9.17, 15) is 0 Å². The number of guanidine groups is 1. The van der Waals surface area contributed by atoms with Crippen molar-refractivity contribution in [3.63, 3.8) is 0 Å². The Kier molecular flexibility index (Phi) is 8.53. The molecule has 0 amide bonds. The van der Waals surface area contributed by atoms with E-state index in [1.54, 1.807) is 0 Å². The maximum atomic E-state index is 5.47. The van der Waals surface area contributed by atoms with Crippen LogP contribution in [0.25, 0.3) is 0 Å². The first-order valence-electron chi connectivity index (χ1n) is 10.6. The summed E-state index contributed by atoms with van der Waals surface area (Å²) in [6, 6.07) is 19.3. The van der Waals surface area contributed by atoms with Gasteiger partial charge in [-0.05, 0) is 29.0 Å². The SMILES string of the molecule is CN=C(NCCC(C)c1ccccc1)NCc1ccccc1CN1CCOCC1. The molecule has 3 rings (SSSR count). The molecule has 0 saturated carbocycles. The molecule has 5 nitrogen and oxygen atoms in total. The van der Waals surface area contributed by atoms with E-state index in [1.807, 2.05) is 7.05 Å². The summed E-state index contributed by atoms with van der Waals surface area (Å²) < 4.78 is 5.47. The summed E-state index contributed by atoms with van der Waals surface area (Å²) in [6.45, 7) is 8.59. The normalized spacial score (nSPS) is 16.4. The fourth-order valence-corrected chi connectivity index (χ4v) is 3.64. The molecule has 1 saturated heterocycles. The van der Waals surface area contributed by atoms with E-state index in [4.69, 9.17) is 4.74 Å². The van der Waals surface area contributed by atoms with E-state index in [1.165, 1.54) is 16.7 Å². The summed E-state index contributed by atoms with van der Waals surface area (Å²) in [5.41, 5.74) is 4.07. The van der Waals surface area contributed by atoms with Crippen molar-refractivity contribution >= 4 is 5.96 Å². The van der Waals surface area contributed by atoms with Gasteiger partial charge in [0.1, 0.15) is 0 Å². The van der Waals surface area contributed by atoms with Gasteiger partial charge in [0.2, 0.25) is 0 Å². The number of rotatable bonds is 8. The number of morpholine rings is 1. The summed E-state index contributed by atoms with van der Waals surface area (Å²) in [5.74, 6) is 1.38. The highest BCUT2D eigenvalue weighted by molar-refractivity contribution is 5.79. The fraction of sp³-hybridized carbons (Fsp3) is 0.458. The van der Waals surface area contributed by atoms with Gasteiger partial charge in [-0.2, -0.15) is 0 Å². The molecular weight excluding hydrogens is 360 g/mol. The Morgan fingerprint density at radius 1 is 1.00 bits per heavy atom. The number of hydrogen-bond acceptors (Lipinski definition) is 3. The van der Waals surface area contributed by atoms with Crippen LogP contribution in [0.2, 0.25) is 0 Å². The van der Waals surface area contributed by atoms with Gasteiger partial charge in [0.05, 0.1) is 13.2 Å². The predicted octanol–water partition coefficient (Wildman–Crippen LogP) is 3.38. The quantitative estimate of drug-likeness (QED) is 0.532. The molecule has 1 aliphatic rings. The van der Waals surface area contributed by atoms with Crippen LogP contribution in [0.4, 0.5) is 0 Å². The van der Waals surface area contributed by atoms with Crippen LogP contribution in [-0.2, 0) is 17.8 Å². The standard InChI is InChI=1S/C24H34N4O/c1-20(21-8-4-3-5-9-21)12-13-26-24(25-2)27-18-22-10-6-7-11-23(22)19-28-14-16-29-17-15-28/h3-11,20H,12-19H2,1-2H3,(H2,25,26,27). The Labute approximate surface area is 175 Å². The average molecular weight is 395 g/mol. The molecule has 0 spiro atoms. The van der Waals surface area contributed by atoms with Crippen molar-refractivity contribution in [2.75, 3.05) is 39.9 Å². The summed E-state index contributed by atoms with van der Waals surface area (Å²) in [7, 11) is 1.83. The molecule has 2 aromatic rings. The Morgan fingerprint density at radius 3 is 2.41 bits per heavy atom. The van der Waals surface area contributed by atoms with Crippen molar-refractivity contribution < 1.29 is 4.74 Å². The third-order valence-corrected chi connectivity index (χ3v) is 5.52. The van der Waals surface area contributed by atoms with Crippen LogP contribution >= 0.6 is 0 Å². The van der Waals surface area contributed by atoms with Crippen molar-refractivity contribution in [2.24, 2.45) is 4.99 Å². The van der Waals surface area contributed by atoms with Crippen molar-refractivity contribution in [2.45, 2.75) is 32.4 Å². The maximum absolute atomic E-state index is 5.47. The first-order chi connectivity index (χ1) is 14.3. The minimum atomic E-state index is 0.524. The highest BCUT2D eigenvalue weighted by atomic mass is 16.5. The lowest BCUT2D eigenvalue weighted by molar-refractivity contribution is 0.0341. The molecule has 2 aromatic carbocycles. The minimum Gasteiger partial charge on any atom is -0.379 e. The zero-order valence-corrected chi connectivity index (χ0v) is 17.7. The molecule has 0 aliphatic carbocycles. The van der Waals surface area contributed by atoms with Crippen LogP contribution < -0.4 is 10.6 Å². The first-order valence-corrected chi connectivity index (χ1v) is 10.6. The first kappa shape index (κ1) is 21.3. The van der Waals surface area contributed by atoms with Gasteiger partial charge < -0.3 is 15.4 Å². The molecule has 1 unspecified atom stereocenters. The molecular formula is C24H34N4O. The zero-order valence-electron chi connectivity index (χ0n) is 17.7. The van der Waals surface area contributed by atoms with E-state index in [-0.39, 0.29) is 0 Å². The Balaban J connectivity index is 1.46. The highest BCUT2D eigenvalue weighted by Gasteiger charge is 2.13. The van der Waals surface area contributed by atoms with Gasteiger partial charge in [-0.15, -0.1) is 0 Å². The zero-order chi connectivity index (χ0) is 20.3. The number of aliphatic imine (C=N–C) groups is 1. The lowest BCUT2D eigenvalue weighted by Crippen LogP contribution is -2.38. The molecule has 2 N–H and O–H groups in total. The number of hydrogen-bond donors (Lipinski definition) is 2. The fourth-order valence-electron chi connectivity index (χ4n) is 3.64. The van der Waals surface area contributed by atoms with Crippen LogP contribution in [0.15, 0.2) is 59.6 Å². The van der Waals surface area contributed by atoms with Crippen LogP contribution in [0, 0.1) is 0 Å². The average Bonchev–Trinajstić information content (AvgIpc) is 2.78. The second-order valence-corrected chi connectivity index (χ2v) is 7.61. The lowest BCUT2D eigenvalue weighted by atomic mass is 9.98. The van der Waals surface area contributed by atoms with E-state index in [2.05, 4.69) is 82.0 Å². The van der Waals surface area contributed by atoms with Crippen molar-refractivity contribution in [3.8, 4) is 0 Å². The molecule has 1 heterocycles. The summed E-state index contributed by atoms with van der Waals surface area (Å²) in [6.07, 6.45) is 1.07. The monoisotopic (exact) mass is 394 g/mol. The molecule has 0 aromatic heterocycles. The van der Waals surface area contributed by atoms with Crippen LogP contribution in [0.3, 0.4) is 0 Å². The molecule has 156 valence electrons. The van der Waals surface area contributed by atoms with E-state index >= 15 is 0 Å². The van der Waals surface area contributed by atoms with Gasteiger partial charge >= 0.3 is 0 Å². The molecule has 1 atom stereocenters. The number of benzene rings is 2. The van der Waals surface area contributed by atoms with Crippen molar-refractivity contribution in [1.29, 1.82) is 0 Å². The Bertz CT molecular complexity index is 756. The summed E-state index contributed by atoms with van der Waals surface area (Å²) in [4.78, 5) is 6.84. The minimum absolute atomic E-state index is 0.524. The van der Waals surface area contributed by atoms with Gasteiger partial charge in [-0.1, -0.05) is 61.5 Å². The predicted molar refractivity (Wildman–Crippen MR) is 120 cm³/mol. The topological polar surface area (TPSA) is 48.9 Å². The summed E-state index contributed by atoms with van der Waals surface area (Å²) >= 11 is 0. The van der Waals surface area contributed by atoms with E-state index < -0.39 is 0 Å². The largest absolute Gasteiger partial charge is 0.379 e. The molecule has 29 heavy (non-hydrogen) atoms. The number of ether oxygens (including phenoxy) is 1. The van der Waals surface area contributed by atoms with Crippen molar-refractivity contribution in [3.05, 3.63) is 71.3 Å². The summed E-state index contributed by atoms with van der Waals surface area (Å²) in [5, 5.41) is 6.93. The third-order valence-electron chi connectivity index (χ3n) is 5.52. The van der Waals surface area contributed by atoms with Gasteiger partial charge in [-0.3, -0.25) is 9.89 Å². The second-order valence-electron chi connectivity index (χ2n) is 7.61. The highest BCUT2D eigenvalue weighted by Crippen LogP contribution is 2.17. The van der Waals surface area contributed by atoms with Crippen LogP contribution in [0.5, 0.6) is 0 Å². The van der Waals surface area contributed by atoms with Crippen molar-refractivity contribution in [1.82, 2.24) is 15.5 Å². The molecule has 5 heteroatoms. The smallest absolute Gasteiger partial charge is 0.191 e. The molecule has 0 bridgehead atoms. The van der Waals surface area contributed by atoms with Gasteiger partial charge in [0.15, 0.2) is 5.96 Å². The second kappa shape index (κ2) is 11.6. The number of nitrogens with one attached hydrogen (secondary N) is 2. The lowest BCUT2D eigenvalue weighted by Gasteiger charge is -2.27. The third kappa shape index (κ3) is 6.87.